The second-order valence-electron chi connectivity index (χ2n) is 7.95. The van der Waals surface area contributed by atoms with E-state index in [9.17, 15) is 14.0 Å². The molecule has 1 atom stereocenters. The highest BCUT2D eigenvalue weighted by atomic mass is 19.1. The second-order valence-corrected chi connectivity index (χ2v) is 7.95. The van der Waals surface area contributed by atoms with Crippen molar-refractivity contribution in [2.75, 3.05) is 0 Å². The molecule has 13 heteroatoms. The predicted octanol–water partition coefficient (Wildman–Crippen LogP) is 1.24. The minimum absolute atomic E-state index is 0.0453. The molecule has 5 rings (SSSR count). The summed E-state index contributed by atoms with van der Waals surface area (Å²) in [6, 6.07) is 5.62. The van der Waals surface area contributed by atoms with Crippen molar-refractivity contribution in [2.45, 2.75) is 32.4 Å². The quantitative estimate of drug-likeness (QED) is 0.373. The molecule has 12 nitrogen and oxygen atoms in total. The van der Waals surface area contributed by atoms with Crippen LogP contribution in [0.15, 0.2) is 36.8 Å². The van der Waals surface area contributed by atoms with E-state index in [1.807, 2.05) is 0 Å². The molecular weight excluding hydrogens is 455 g/mol. The van der Waals surface area contributed by atoms with Crippen LogP contribution in [-0.2, 0) is 13.0 Å². The van der Waals surface area contributed by atoms with Gasteiger partial charge in [-0.1, -0.05) is 12.1 Å². The van der Waals surface area contributed by atoms with Gasteiger partial charge >= 0.3 is 0 Å². The third-order valence-corrected chi connectivity index (χ3v) is 5.60. The van der Waals surface area contributed by atoms with Crippen LogP contribution in [0.2, 0.25) is 0 Å². The predicted molar refractivity (Wildman–Crippen MR) is 118 cm³/mol. The van der Waals surface area contributed by atoms with Crippen molar-refractivity contribution >= 4 is 11.8 Å². The van der Waals surface area contributed by atoms with Gasteiger partial charge in [0.25, 0.3) is 11.8 Å². The highest BCUT2D eigenvalue weighted by Crippen LogP contribution is 2.30. The molecule has 0 bridgehead atoms. The standard InChI is InChI=1S/C22H19FN10O2/c1-11-6-12(2-3-14(11)23)8-25-21(34)17-7-18(27-10-26-17)22(35)29-16-5-4-15-13(16)9-24-19(28-15)20-30-32-33-31-20/h2-3,6-7,9-10,16H,4-5,8H2,1H3,(H,25,34)(H,29,35)(H,30,31,32,33). The molecule has 3 aromatic heterocycles. The number of amides is 2. The smallest absolute Gasteiger partial charge is 0.270 e. The van der Waals surface area contributed by atoms with Crippen LogP contribution in [0, 0.1) is 12.7 Å². The molecule has 0 saturated heterocycles. The van der Waals surface area contributed by atoms with Crippen LogP contribution in [0.3, 0.4) is 0 Å². The van der Waals surface area contributed by atoms with Crippen molar-refractivity contribution in [1.29, 1.82) is 0 Å². The molecule has 0 saturated carbocycles. The number of hydrogen-bond donors (Lipinski definition) is 3. The van der Waals surface area contributed by atoms with Crippen LogP contribution in [0.4, 0.5) is 4.39 Å². The maximum atomic E-state index is 13.4. The molecule has 0 radical (unpaired) electrons. The molecule has 176 valence electrons. The van der Waals surface area contributed by atoms with Gasteiger partial charge in [-0.25, -0.2) is 24.3 Å². The van der Waals surface area contributed by atoms with Gasteiger partial charge in [0, 0.05) is 30.1 Å². The van der Waals surface area contributed by atoms with Crippen LogP contribution in [0.5, 0.6) is 0 Å². The van der Waals surface area contributed by atoms with E-state index in [1.165, 1.54) is 12.1 Å². The van der Waals surface area contributed by atoms with Gasteiger partial charge in [0.2, 0.25) is 11.6 Å². The minimum Gasteiger partial charge on any atom is -0.347 e. The third-order valence-electron chi connectivity index (χ3n) is 5.60. The fourth-order valence-corrected chi connectivity index (χ4v) is 3.80. The maximum Gasteiger partial charge on any atom is 0.270 e. The Kier molecular flexibility index (Phi) is 5.87. The van der Waals surface area contributed by atoms with Crippen LogP contribution in [0.25, 0.3) is 11.6 Å². The molecule has 4 aromatic rings. The van der Waals surface area contributed by atoms with E-state index in [0.717, 1.165) is 23.1 Å². The largest absolute Gasteiger partial charge is 0.347 e. The van der Waals surface area contributed by atoms with Crippen LogP contribution in [-0.4, -0.2) is 52.4 Å². The average Bonchev–Trinajstić information content (AvgIpc) is 3.55. The number of carbonyl (C=O) groups excluding carboxylic acids is 2. The Labute approximate surface area is 197 Å². The van der Waals surface area contributed by atoms with Gasteiger partial charge in [0.05, 0.1) is 6.04 Å². The van der Waals surface area contributed by atoms with Gasteiger partial charge in [-0.05, 0) is 42.2 Å². The Morgan fingerprint density at radius 2 is 1.94 bits per heavy atom. The zero-order chi connectivity index (χ0) is 24.4. The lowest BCUT2D eigenvalue weighted by Gasteiger charge is -2.13. The maximum absolute atomic E-state index is 13.4. The number of aromatic nitrogens is 8. The average molecular weight is 474 g/mol. The monoisotopic (exact) mass is 474 g/mol. The number of H-pyrrole nitrogens is 1. The van der Waals surface area contributed by atoms with Gasteiger partial charge in [0.1, 0.15) is 23.5 Å². The van der Waals surface area contributed by atoms with Gasteiger partial charge < -0.3 is 10.6 Å². The number of nitrogens with one attached hydrogen (secondary N) is 3. The van der Waals surface area contributed by atoms with Crippen molar-refractivity contribution in [3.63, 3.8) is 0 Å². The highest BCUT2D eigenvalue weighted by Gasteiger charge is 2.27. The first kappa shape index (κ1) is 22.1. The highest BCUT2D eigenvalue weighted by molar-refractivity contribution is 5.97. The molecule has 3 heterocycles. The fourth-order valence-electron chi connectivity index (χ4n) is 3.80. The molecule has 35 heavy (non-hydrogen) atoms. The number of aryl methyl sites for hydroxylation is 2. The summed E-state index contributed by atoms with van der Waals surface area (Å²) in [7, 11) is 0. The number of tetrazole rings is 1. The molecular formula is C22H19FN10O2. The Hall–Kier alpha value is -4.68. The minimum atomic E-state index is -0.475. The Bertz CT molecular complexity index is 1410. The van der Waals surface area contributed by atoms with Gasteiger partial charge in [-0.3, -0.25) is 9.59 Å². The summed E-state index contributed by atoms with van der Waals surface area (Å²) in [6.07, 6.45) is 4.09. The van der Waals surface area contributed by atoms with Gasteiger partial charge in [-0.15, -0.1) is 10.2 Å². The number of rotatable bonds is 6. The van der Waals surface area contributed by atoms with Crippen LogP contribution >= 0.6 is 0 Å². The van der Waals surface area contributed by atoms with E-state index in [4.69, 9.17) is 0 Å². The number of carbonyl (C=O) groups is 2. The van der Waals surface area contributed by atoms with E-state index < -0.39 is 11.8 Å². The second kappa shape index (κ2) is 9.29. The van der Waals surface area contributed by atoms with Crippen molar-refractivity contribution < 1.29 is 14.0 Å². The van der Waals surface area contributed by atoms with Gasteiger partial charge in [-0.2, -0.15) is 5.21 Å². The first-order chi connectivity index (χ1) is 17.0. The lowest BCUT2D eigenvalue weighted by atomic mass is 10.1. The van der Waals surface area contributed by atoms with E-state index in [1.54, 1.807) is 25.3 Å². The van der Waals surface area contributed by atoms with E-state index in [2.05, 4.69) is 51.2 Å². The SMILES string of the molecule is Cc1cc(CNC(=O)c2cc(C(=O)NC3CCc4nc(-c5nn[nH]n5)ncc43)ncn2)ccc1F. The molecule has 1 unspecified atom stereocenters. The number of benzene rings is 1. The summed E-state index contributed by atoms with van der Waals surface area (Å²) in [5, 5.41) is 19.2. The molecule has 1 aromatic carbocycles. The lowest BCUT2D eigenvalue weighted by Crippen LogP contribution is -2.29. The normalized spacial score (nSPS) is 14.4. The molecule has 2 amide bonds. The van der Waals surface area contributed by atoms with Crippen molar-refractivity contribution in [3.8, 4) is 11.6 Å². The Balaban J connectivity index is 1.24. The summed E-state index contributed by atoms with van der Waals surface area (Å²) in [6.45, 7) is 1.84. The van der Waals surface area contributed by atoms with Crippen LogP contribution in [0.1, 0.15) is 55.8 Å². The summed E-state index contributed by atoms with van der Waals surface area (Å²) in [4.78, 5) is 42.1. The summed E-state index contributed by atoms with van der Waals surface area (Å²) in [5.41, 5.74) is 2.93. The van der Waals surface area contributed by atoms with Crippen LogP contribution < -0.4 is 10.6 Å². The zero-order valence-electron chi connectivity index (χ0n) is 18.5. The number of halogens is 1. The molecule has 0 fully saturated rings. The van der Waals surface area contributed by atoms with E-state index in [-0.39, 0.29) is 29.8 Å². The van der Waals surface area contributed by atoms with Crippen molar-refractivity contribution in [3.05, 3.63) is 76.4 Å². The Morgan fingerprint density at radius 3 is 2.71 bits per heavy atom. The Morgan fingerprint density at radius 1 is 1.11 bits per heavy atom. The lowest BCUT2D eigenvalue weighted by molar-refractivity contribution is 0.0931. The van der Waals surface area contributed by atoms with Crippen molar-refractivity contribution in [1.82, 2.24) is 51.2 Å². The first-order valence-corrected chi connectivity index (χ1v) is 10.7. The topological polar surface area (TPSA) is 164 Å². The molecule has 0 spiro atoms. The number of nitrogens with zero attached hydrogens (tertiary/aromatic N) is 7. The molecule has 1 aliphatic rings. The summed E-state index contributed by atoms with van der Waals surface area (Å²) < 4.78 is 13.4. The van der Waals surface area contributed by atoms with E-state index >= 15 is 0 Å². The number of aromatic amines is 1. The third kappa shape index (κ3) is 4.69. The zero-order valence-corrected chi connectivity index (χ0v) is 18.5. The summed E-state index contributed by atoms with van der Waals surface area (Å²) >= 11 is 0. The molecule has 1 aliphatic carbocycles. The summed E-state index contributed by atoms with van der Waals surface area (Å²) in [5.74, 6) is -0.587. The number of fused-ring (bicyclic) bond motifs is 1. The first-order valence-electron chi connectivity index (χ1n) is 10.7. The van der Waals surface area contributed by atoms with Gasteiger partial charge in [0.15, 0.2) is 0 Å². The molecule has 0 aliphatic heterocycles. The van der Waals surface area contributed by atoms with E-state index in [0.29, 0.717) is 30.1 Å². The number of hydrogen-bond acceptors (Lipinski definition) is 9. The molecule has 3 N–H and O–H groups in total. The van der Waals surface area contributed by atoms with Crippen molar-refractivity contribution in [2.24, 2.45) is 0 Å². The fraction of sp³-hybridized carbons (Fsp3) is 0.227.